The molecule has 48 heavy (non-hydrogen) atoms. The summed E-state index contributed by atoms with van der Waals surface area (Å²) in [4.78, 5) is 24.8. The summed E-state index contributed by atoms with van der Waals surface area (Å²) < 4.78 is 46.6. The molecule has 3 aromatic carbocycles. The Hall–Kier alpha value is -5.16. The smallest absolute Gasteiger partial charge is 0.419 e. The quantitative estimate of drug-likeness (QED) is 0.116. The van der Waals surface area contributed by atoms with Crippen molar-refractivity contribution in [3.05, 3.63) is 124 Å². The van der Waals surface area contributed by atoms with Crippen LogP contribution in [-0.4, -0.2) is 28.8 Å². The first-order valence-corrected chi connectivity index (χ1v) is 15.6. The SMILES string of the molecule is COC(=O)Cc1ccc2c(c1)NC(=O)CCCCC(c1ccc(-c3cc(Cl)ccc3-n3cc(C(F)(F)F)cn3)c[n+]1[O-])c1cccc-2c1. The van der Waals surface area contributed by atoms with Gasteiger partial charge in [-0.3, -0.25) is 9.59 Å². The van der Waals surface area contributed by atoms with E-state index in [9.17, 15) is 28.0 Å². The minimum absolute atomic E-state index is 0.0640. The number of methoxy groups -OCH3 is 1. The Balaban J connectivity index is 1.38. The number of carbonyl (C=O) groups is 2. The highest BCUT2D eigenvalue weighted by Crippen LogP contribution is 2.37. The molecule has 1 N–H and O–H groups in total. The second kappa shape index (κ2) is 13.5. The van der Waals surface area contributed by atoms with Crippen molar-refractivity contribution in [3.8, 4) is 27.9 Å². The van der Waals surface area contributed by atoms with Crippen molar-refractivity contribution < 1.29 is 32.2 Å². The molecule has 3 heterocycles. The minimum atomic E-state index is -4.56. The largest absolute Gasteiger partial charge is 0.618 e. The molecule has 8 nitrogen and oxygen atoms in total. The molecule has 0 aliphatic carbocycles. The fraction of sp³-hybridized carbons (Fsp3) is 0.222. The predicted octanol–water partition coefficient (Wildman–Crippen LogP) is 7.87. The lowest BCUT2D eigenvalue weighted by molar-refractivity contribution is -0.614. The zero-order valence-electron chi connectivity index (χ0n) is 25.8. The normalized spacial score (nSPS) is 15.1. The number of hydrogen-bond acceptors (Lipinski definition) is 5. The molecule has 2 aromatic heterocycles. The highest BCUT2D eigenvalue weighted by Gasteiger charge is 2.32. The van der Waals surface area contributed by atoms with Gasteiger partial charge in [0.25, 0.3) is 0 Å². The number of nitrogens with one attached hydrogen (secondary N) is 1. The summed E-state index contributed by atoms with van der Waals surface area (Å²) in [5.74, 6) is -0.861. The molecular weight excluding hydrogens is 645 g/mol. The Bertz CT molecular complexity index is 2010. The molecule has 12 heteroatoms. The predicted molar refractivity (Wildman–Crippen MR) is 175 cm³/mol. The van der Waals surface area contributed by atoms with Crippen LogP contribution in [0.15, 0.2) is 91.4 Å². The Morgan fingerprint density at radius 2 is 1.90 bits per heavy atom. The van der Waals surface area contributed by atoms with Crippen molar-refractivity contribution >= 4 is 29.2 Å². The van der Waals surface area contributed by atoms with Gasteiger partial charge >= 0.3 is 12.1 Å². The number of benzene rings is 3. The van der Waals surface area contributed by atoms with Gasteiger partial charge in [-0.1, -0.05) is 54.4 Å². The van der Waals surface area contributed by atoms with Gasteiger partial charge < -0.3 is 15.3 Å². The molecule has 0 saturated heterocycles. The van der Waals surface area contributed by atoms with Crippen LogP contribution in [0.1, 0.15) is 54.0 Å². The van der Waals surface area contributed by atoms with E-state index >= 15 is 0 Å². The lowest BCUT2D eigenvalue weighted by Gasteiger charge is -2.20. The Morgan fingerprint density at radius 3 is 2.65 bits per heavy atom. The number of fused-ring (bicyclic) bond motifs is 4. The Morgan fingerprint density at radius 1 is 1.06 bits per heavy atom. The highest BCUT2D eigenvalue weighted by molar-refractivity contribution is 6.31. The van der Waals surface area contributed by atoms with Crippen molar-refractivity contribution in [1.29, 1.82) is 0 Å². The van der Waals surface area contributed by atoms with E-state index in [1.54, 1.807) is 36.4 Å². The van der Waals surface area contributed by atoms with Gasteiger partial charge in [-0.2, -0.15) is 23.0 Å². The zero-order valence-corrected chi connectivity index (χ0v) is 26.5. The zero-order chi connectivity index (χ0) is 34.0. The van der Waals surface area contributed by atoms with Gasteiger partial charge in [0.2, 0.25) is 5.91 Å². The van der Waals surface area contributed by atoms with Crippen LogP contribution in [0.3, 0.4) is 0 Å². The monoisotopic (exact) mass is 674 g/mol. The molecule has 1 amide bonds. The van der Waals surface area contributed by atoms with Crippen molar-refractivity contribution in [2.24, 2.45) is 0 Å². The number of amides is 1. The van der Waals surface area contributed by atoms with Crippen LogP contribution >= 0.6 is 11.6 Å². The minimum Gasteiger partial charge on any atom is -0.618 e. The standard InChI is InChI=1S/C36H30ClF3N4O4/c1-48-35(46)16-22-9-12-28-23-5-4-6-24(17-23)29(7-2-3-8-34(45)42-31(28)15-22)33-13-10-25(20-44(33)47)30-18-27(37)11-14-32(30)43-21-26(19-41-43)36(38,39)40/h4-6,9-15,17-21,29H,2-3,7-8,16H2,1H3,(H,42,45). The van der Waals surface area contributed by atoms with E-state index < -0.39 is 11.7 Å². The van der Waals surface area contributed by atoms with Crippen molar-refractivity contribution in [2.75, 3.05) is 12.4 Å². The number of carbonyl (C=O) groups excluding carboxylic acids is 2. The summed E-state index contributed by atoms with van der Waals surface area (Å²) in [5.41, 5.74) is 4.57. The third-order valence-corrected chi connectivity index (χ3v) is 8.64. The van der Waals surface area contributed by atoms with Crippen LogP contribution in [0.4, 0.5) is 18.9 Å². The van der Waals surface area contributed by atoms with E-state index in [2.05, 4.69) is 10.4 Å². The lowest BCUT2D eigenvalue weighted by atomic mass is 9.87. The van der Waals surface area contributed by atoms with E-state index in [4.69, 9.17) is 16.3 Å². The average Bonchev–Trinajstić information content (AvgIpc) is 3.56. The van der Waals surface area contributed by atoms with Crippen LogP contribution in [0, 0.1) is 5.21 Å². The van der Waals surface area contributed by atoms with Crippen LogP contribution in [0.25, 0.3) is 27.9 Å². The molecule has 1 unspecified atom stereocenters. The molecule has 0 saturated carbocycles. The maximum Gasteiger partial charge on any atom is 0.419 e. The Labute approximate surface area is 279 Å². The summed E-state index contributed by atoms with van der Waals surface area (Å²) in [6.45, 7) is 0. The number of esters is 1. The van der Waals surface area contributed by atoms with E-state index in [-0.39, 0.29) is 30.6 Å². The summed E-state index contributed by atoms with van der Waals surface area (Å²) in [6, 6.07) is 21.4. The summed E-state index contributed by atoms with van der Waals surface area (Å²) in [5, 5.41) is 21.0. The third-order valence-electron chi connectivity index (χ3n) is 8.41. The summed E-state index contributed by atoms with van der Waals surface area (Å²) >= 11 is 6.29. The summed E-state index contributed by atoms with van der Waals surface area (Å²) in [7, 11) is 1.32. The van der Waals surface area contributed by atoms with E-state index in [0.717, 1.165) is 38.5 Å². The summed E-state index contributed by atoms with van der Waals surface area (Å²) in [6.07, 6.45) is 0.661. The van der Waals surface area contributed by atoms with Crippen LogP contribution in [0.5, 0.6) is 0 Å². The first-order chi connectivity index (χ1) is 23.0. The first kappa shape index (κ1) is 32.8. The molecule has 246 valence electrons. The second-order valence-corrected chi connectivity index (χ2v) is 12.0. The van der Waals surface area contributed by atoms with Crippen molar-refractivity contribution in [1.82, 2.24) is 9.78 Å². The number of pyridine rings is 1. The van der Waals surface area contributed by atoms with Crippen LogP contribution in [0.2, 0.25) is 5.02 Å². The Kier molecular flexibility index (Phi) is 9.23. The number of hydrogen-bond donors (Lipinski definition) is 1. The molecular formula is C36H30ClF3N4O4. The molecule has 6 rings (SSSR count). The average molecular weight is 675 g/mol. The molecule has 0 spiro atoms. The number of anilines is 1. The molecule has 0 radical (unpaired) electrons. The first-order valence-electron chi connectivity index (χ1n) is 15.3. The maximum absolute atomic E-state index is 13.8. The highest BCUT2D eigenvalue weighted by atomic mass is 35.5. The van der Waals surface area contributed by atoms with Gasteiger partial charge in [-0.15, -0.1) is 0 Å². The van der Waals surface area contributed by atoms with E-state index in [0.29, 0.717) is 58.0 Å². The number of rotatable bonds is 5. The van der Waals surface area contributed by atoms with Gasteiger partial charge in [-0.05, 0) is 59.9 Å². The number of aromatic nitrogens is 3. The van der Waals surface area contributed by atoms with Gasteiger partial charge in [0.1, 0.15) is 0 Å². The van der Waals surface area contributed by atoms with Gasteiger partial charge in [0, 0.05) is 46.1 Å². The number of nitrogens with zero attached hydrogens (tertiary/aromatic N) is 3. The number of alkyl halides is 3. The van der Waals surface area contributed by atoms with Gasteiger partial charge in [-0.25, -0.2) is 4.68 Å². The number of ether oxygens (including phenoxy) is 1. The molecule has 1 atom stereocenters. The maximum atomic E-state index is 13.8. The van der Waals surface area contributed by atoms with Gasteiger partial charge in [0.15, 0.2) is 11.9 Å². The topological polar surface area (TPSA) is 100 Å². The molecule has 0 fully saturated rings. The second-order valence-electron chi connectivity index (χ2n) is 11.6. The van der Waals surface area contributed by atoms with Gasteiger partial charge in [0.05, 0.1) is 36.9 Å². The van der Waals surface area contributed by atoms with E-state index in [1.807, 2.05) is 36.4 Å². The van der Waals surface area contributed by atoms with Crippen molar-refractivity contribution in [2.45, 2.75) is 44.2 Å². The fourth-order valence-corrected chi connectivity index (χ4v) is 6.18. The third kappa shape index (κ3) is 7.06. The van der Waals surface area contributed by atoms with Crippen molar-refractivity contribution in [3.63, 3.8) is 0 Å². The molecule has 2 bridgehead atoms. The number of halogens is 4. The molecule has 1 aliphatic rings. The molecule has 5 aromatic rings. The van der Waals surface area contributed by atoms with E-state index in [1.165, 1.54) is 13.3 Å². The van der Waals surface area contributed by atoms with Crippen LogP contribution < -0.4 is 10.0 Å². The fourth-order valence-electron chi connectivity index (χ4n) is 6.01. The molecule has 1 aliphatic heterocycles. The lowest BCUT2D eigenvalue weighted by Crippen LogP contribution is -2.33. The van der Waals surface area contributed by atoms with Crippen LogP contribution in [-0.2, 0) is 26.9 Å².